The minimum atomic E-state index is -5.34. The van der Waals surface area contributed by atoms with E-state index in [4.69, 9.17) is 0 Å². The summed E-state index contributed by atoms with van der Waals surface area (Å²) in [6.45, 7) is 0. The van der Waals surface area contributed by atoms with Crippen LogP contribution in [0.1, 0.15) is 0 Å². The predicted octanol–water partition coefficient (Wildman–Crippen LogP) is 1.67. The maximum absolute atomic E-state index is 13.5. The molecular formula is C8H5F4N3O. The number of pyridine rings is 1. The summed E-state index contributed by atoms with van der Waals surface area (Å²) in [5.74, 6) is -6.08. The number of rotatable bonds is 0. The molecule has 1 unspecified atom stereocenters. The molecule has 8 heteroatoms. The molecule has 86 valence electrons. The summed E-state index contributed by atoms with van der Waals surface area (Å²) >= 11 is 0. The van der Waals surface area contributed by atoms with Crippen LogP contribution in [-0.4, -0.2) is 22.9 Å². The van der Waals surface area contributed by atoms with Crippen molar-refractivity contribution in [2.45, 2.75) is 12.0 Å². The third-order valence-corrected chi connectivity index (χ3v) is 2.05. The van der Waals surface area contributed by atoms with E-state index in [1.54, 1.807) is 5.32 Å². The van der Waals surface area contributed by atoms with Crippen LogP contribution in [0.4, 0.5) is 29.1 Å². The molecular weight excluding hydrogens is 230 g/mol. The van der Waals surface area contributed by atoms with Crippen LogP contribution in [-0.2, 0) is 4.79 Å². The van der Waals surface area contributed by atoms with Crippen molar-refractivity contribution in [1.29, 1.82) is 0 Å². The molecule has 1 aromatic heterocycles. The fourth-order valence-electron chi connectivity index (χ4n) is 1.24. The summed E-state index contributed by atoms with van der Waals surface area (Å²) < 4.78 is 50.5. The summed E-state index contributed by atoms with van der Waals surface area (Å²) in [7, 11) is 0. The van der Waals surface area contributed by atoms with Crippen molar-refractivity contribution >= 4 is 17.4 Å². The van der Waals surface area contributed by atoms with E-state index >= 15 is 0 Å². The molecule has 16 heavy (non-hydrogen) atoms. The average molecular weight is 235 g/mol. The molecule has 0 aliphatic carbocycles. The fourth-order valence-corrected chi connectivity index (χ4v) is 1.24. The number of hydrogen-bond acceptors (Lipinski definition) is 3. The molecule has 0 fully saturated rings. The third kappa shape index (κ3) is 1.37. The second-order valence-corrected chi connectivity index (χ2v) is 3.13. The zero-order valence-electron chi connectivity index (χ0n) is 7.60. The second kappa shape index (κ2) is 3.06. The van der Waals surface area contributed by atoms with Gasteiger partial charge < -0.3 is 10.6 Å². The Bertz CT molecular complexity index is 447. The van der Waals surface area contributed by atoms with Crippen LogP contribution in [0.15, 0.2) is 18.3 Å². The van der Waals surface area contributed by atoms with Gasteiger partial charge in [-0.2, -0.15) is 17.6 Å². The molecule has 1 aliphatic heterocycles. The standard InChI is InChI=1S/C8H5F4N3O/c9-7(8(10,11)12)6(16)14-5-4(15-7)2-1-3-13-5/h1-3,15H,(H,13,14,16). The van der Waals surface area contributed by atoms with Crippen molar-refractivity contribution in [3.8, 4) is 0 Å². The highest BCUT2D eigenvalue weighted by atomic mass is 19.4. The minimum absolute atomic E-state index is 0.134. The van der Waals surface area contributed by atoms with Crippen LogP contribution >= 0.6 is 0 Å². The highest BCUT2D eigenvalue weighted by molar-refractivity contribution is 6.04. The molecule has 0 radical (unpaired) electrons. The Labute approximate surface area is 86.7 Å². The summed E-state index contributed by atoms with van der Waals surface area (Å²) in [6, 6.07) is 2.50. The van der Waals surface area contributed by atoms with Gasteiger partial charge in [0.1, 0.15) is 0 Å². The zero-order valence-corrected chi connectivity index (χ0v) is 7.60. The monoisotopic (exact) mass is 235 g/mol. The van der Waals surface area contributed by atoms with Gasteiger partial charge in [0.15, 0.2) is 5.82 Å². The SMILES string of the molecule is O=C1Nc2ncccc2NC1(F)C(F)(F)F. The number of alkyl halides is 4. The van der Waals surface area contributed by atoms with Crippen molar-refractivity contribution < 1.29 is 22.4 Å². The number of aromatic nitrogens is 1. The smallest absolute Gasteiger partial charge is 0.335 e. The Kier molecular flexibility index (Phi) is 2.04. The van der Waals surface area contributed by atoms with Gasteiger partial charge in [-0.25, -0.2) is 4.98 Å². The molecule has 2 N–H and O–H groups in total. The quantitative estimate of drug-likeness (QED) is 0.531. The Balaban J connectivity index is 2.46. The Hall–Kier alpha value is -1.86. The second-order valence-electron chi connectivity index (χ2n) is 3.13. The van der Waals surface area contributed by atoms with Gasteiger partial charge in [0, 0.05) is 6.20 Å². The van der Waals surface area contributed by atoms with Gasteiger partial charge in [-0.1, -0.05) is 0 Å². The zero-order chi connectivity index (χ0) is 12.0. The number of carbonyl (C=O) groups excluding carboxylic acids is 1. The van der Waals surface area contributed by atoms with Crippen LogP contribution in [0.25, 0.3) is 0 Å². The van der Waals surface area contributed by atoms with Gasteiger partial charge in [0.25, 0.3) is 5.91 Å². The van der Waals surface area contributed by atoms with E-state index in [0.717, 1.165) is 0 Å². The molecule has 0 saturated carbocycles. The molecule has 1 atom stereocenters. The van der Waals surface area contributed by atoms with Crippen molar-refractivity contribution in [2.75, 3.05) is 10.6 Å². The van der Waals surface area contributed by atoms with Gasteiger partial charge in [0.2, 0.25) is 0 Å². The molecule has 0 aromatic carbocycles. The number of nitrogens with one attached hydrogen (secondary N) is 2. The van der Waals surface area contributed by atoms with E-state index in [1.807, 2.05) is 0 Å². The first-order chi connectivity index (χ1) is 7.34. The largest absolute Gasteiger partial charge is 0.451 e. The minimum Gasteiger partial charge on any atom is -0.335 e. The maximum atomic E-state index is 13.5. The van der Waals surface area contributed by atoms with E-state index < -0.39 is 17.9 Å². The molecule has 1 aliphatic rings. The lowest BCUT2D eigenvalue weighted by molar-refractivity contribution is -0.215. The van der Waals surface area contributed by atoms with Crippen LogP contribution in [0.3, 0.4) is 0 Å². The third-order valence-electron chi connectivity index (χ3n) is 2.05. The molecule has 1 amide bonds. The topological polar surface area (TPSA) is 54.0 Å². The molecule has 1 aromatic rings. The first-order valence-electron chi connectivity index (χ1n) is 4.15. The number of anilines is 2. The van der Waals surface area contributed by atoms with E-state index in [2.05, 4.69) is 4.98 Å². The lowest BCUT2D eigenvalue weighted by atomic mass is 10.1. The predicted molar refractivity (Wildman–Crippen MR) is 46.4 cm³/mol. The van der Waals surface area contributed by atoms with Crippen LogP contribution < -0.4 is 10.6 Å². The molecule has 0 spiro atoms. The Morgan fingerprint density at radius 1 is 1.38 bits per heavy atom. The molecule has 2 heterocycles. The Morgan fingerprint density at radius 2 is 2.06 bits per heavy atom. The van der Waals surface area contributed by atoms with Crippen LogP contribution in [0, 0.1) is 0 Å². The van der Waals surface area contributed by atoms with Crippen LogP contribution in [0.2, 0.25) is 0 Å². The summed E-state index contributed by atoms with van der Waals surface area (Å²) in [4.78, 5) is 14.6. The van der Waals surface area contributed by atoms with Crippen molar-refractivity contribution in [3.05, 3.63) is 18.3 Å². The number of amides is 1. The fraction of sp³-hybridized carbons (Fsp3) is 0.250. The number of fused-ring (bicyclic) bond motifs is 1. The number of hydrogen-bond donors (Lipinski definition) is 2. The lowest BCUT2D eigenvalue weighted by Crippen LogP contribution is -2.59. The normalized spacial score (nSPS) is 24.4. The summed E-state index contributed by atoms with van der Waals surface area (Å²) in [6.07, 6.45) is -4.08. The first kappa shape index (κ1) is 10.7. The molecule has 2 rings (SSSR count). The highest BCUT2D eigenvalue weighted by Gasteiger charge is 2.64. The van der Waals surface area contributed by atoms with Crippen molar-refractivity contribution in [1.82, 2.24) is 4.98 Å². The molecule has 4 nitrogen and oxygen atoms in total. The van der Waals surface area contributed by atoms with Gasteiger partial charge in [-0.05, 0) is 12.1 Å². The summed E-state index contributed by atoms with van der Waals surface area (Å²) in [5.41, 5.74) is -0.220. The summed E-state index contributed by atoms with van der Waals surface area (Å²) in [5, 5.41) is 3.25. The van der Waals surface area contributed by atoms with Gasteiger partial charge in [-0.3, -0.25) is 4.79 Å². The average Bonchev–Trinajstić information content (AvgIpc) is 2.18. The van der Waals surface area contributed by atoms with E-state index in [0.29, 0.717) is 0 Å². The number of carbonyl (C=O) groups is 1. The maximum Gasteiger partial charge on any atom is 0.451 e. The number of nitrogens with zero attached hydrogens (tertiary/aromatic N) is 1. The molecule has 0 saturated heterocycles. The van der Waals surface area contributed by atoms with Crippen LogP contribution in [0.5, 0.6) is 0 Å². The van der Waals surface area contributed by atoms with Gasteiger partial charge in [0.05, 0.1) is 5.69 Å². The van der Waals surface area contributed by atoms with Gasteiger partial charge in [-0.15, -0.1) is 0 Å². The highest BCUT2D eigenvalue weighted by Crippen LogP contribution is 2.40. The Morgan fingerprint density at radius 3 is 2.69 bits per heavy atom. The van der Waals surface area contributed by atoms with Gasteiger partial charge >= 0.3 is 12.0 Å². The molecule has 0 bridgehead atoms. The van der Waals surface area contributed by atoms with Crippen molar-refractivity contribution in [3.63, 3.8) is 0 Å². The lowest BCUT2D eigenvalue weighted by Gasteiger charge is -2.32. The first-order valence-corrected chi connectivity index (χ1v) is 4.15. The van der Waals surface area contributed by atoms with E-state index in [1.165, 1.54) is 23.6 Å². The van der Waals surface area contributed by atoms with Crippen molar-refractivity contribution in [2.24, 2.45) is 0 Å². The van der Waals surface area contributed by atoms with E-state index in [-0.39, 0.29) is 11.5 Å². The van der Waals surface area contributed by atoms with E-state index in [9.17, 15) is 22.4 Å². The number of halogens is 4.